The number of benzene rings is 2. The summed E-state index contributed by atoms with van der Waals surface area (Å²) in [5, 5.41) is 6.57. The molecule has 0 radical (unpaired) electrons. The molecular weight excluding hydrogens is 380 g/mol. The van der Waals surface area contributed by atoms with Crippen molar-refractivity contribution in [3.63, 3.8) is 0 Å². The Morgan fingerprint density at radius 2 is 1.84 bits per heavy atom. The fourth-order valence-corrected chi connectivity index (χ4v) is 2.75. The zero-order valence-corrected chi connectivity index (χ0v) is 15.7. The number of nitrogens with one attached hydrogen (secondary N) is 2. The van der Waals surface area contributed by atoms with E-state index in [4.69, 9.17) is 4.74 Å². The van der Waals surface area contributed by atoms with E-state index in [1.54, 1.807) is 7.11 Å². The molecule has 1 aromatic heterocycles. The lowest BCUT2D eigenvalue weighted by molar-refractivity contribution is 0.414. The van der Waals surface area contributed by atoms with Crippen LogP contribution in [0.4, 0.5) is 17.5 Å². The summed E-state index contributed by atoms with van der Waals surface area (Å²) >= 11 is 3.47. The predicted molar refractivity (Wildman–Crippen MR) is 105 cm³/mol. The second kappa shape index (κ2) is 7.98. The van der Waals surface area contributed by atoms with Crippen LogP contribution in [0.3, 0.4) is 0 Å². The summed E-state index contributed by atoms with van der Waals surface area (Å²) in [5.74, 6) is 2.19. The number of nitrogens with zero attached hydrogens (tertiary/aromatic N) is 2. The number of hydrogen-bond donors (Lipinski definition) is 2. The van der Waals surface area contributed by atoms with Crippen molar-refractivity contribution in [2.24, 2.45) is 0 Å². The molecule has 0 unspecified atom stereocenters. The first-order valence-corrected chi connectivity index (χ1v) is 8.67. The summed E-state index contributed by atoms with van der Waals surface area (Å²) < 4.78 is 6.19. The average molecular weight is 399 g/mol. The summed E-state index contributed by atoms with van der Waals surface area (Å²) in [6.45, 7) is 2.59. The van der Waals surface area contributed by atoms with Gasteiger partial charge >= 0.3 is 0 Å². The van der Waals surface area contributed by atoms with Crippen LogP contribution >= 0.6 is 15.9 Å². The van der Waals surface area contributed by atoms with Crippen LogP contribution < -0.4 is 15.4 Å². The van der Waals surface area contributed by atoms with Crippen LogP contribution in [0.5, 0.6) is 5.75 Å². The molecule has 0 amide bonds. The van der Waals surface area contributed by atoms with Gasteiger partial charge in [0.25, 0.3) is 0 Å². The third kappa shape index (κ3) is 4.93. The van der Waals surface area contributed by atoms with Gasteiger partial charge in [0.05, 0.1) is 7.11 Å². The second-order valence-electron chi connectivity index (χ2n) is 5.56. The maximum Gasteiger partial charge on any atom is 0.225 e. The number of methoxy groups -OCH3 is 1. The van der Waals surface area contributed by atoms with Gasteiger partial charge in [0.1, 0.15) is 11.6 Å². The van der Waals surface area contributed by atoms with Crippen molar-refractivity contribution in [3.8, 4) is 5.75 Å². The van der Waals surface area contributed by atoms with Gasteiger partial charge < -0.3 is 15.4 Å². The first-order chi connectivity index (χ1) is 12.1. The zero-order valence-electron chi connectivity index (χ0n) is 14.1. The van der Waals surface area contributed by atoms with Gasteiger partial charge in [0, 0.05) is 28.5 Å². The molecule has 0 fully saturated rings. The van der Waals surface area contributed by atoms with E-state index < -0.39 is 0 Å². The van der Waals surface area contributed by atoms with E-state index in [1.807, 2.05) is 61.5 Å². The number of halogens is 1. The molecule has 6 heteroatoms. The van der Waals surface area contributed by atoms with Gasteiger partial charge in [-0.15, -0.1) is 0 Å². The lowest BCUT2D eigenvalue weighted by Gasteiger charge is -2.10. The zero-order chi connectivity index (χ0) is 17.6. The molecule has 25 heavy (non-hydrogen) atoms. The van der Waals surface area contributed by atoms with Gasteiger partial charge in [-0.25, -0.2) is 4.98 Å². The van der Waals surface area contributed by atoms with E-state index in [-0.39, 0.29) is 0 Å². The van der Waals surface area contributed by atoms with Crippen LogP contribution in [-0.2, 0) is 6.54 Å². The lowest BCUT2D eigenvalue weighted by atomic mass is 10.2. The molecule has 3 aromatic rings. The predicted octanol–water partition coefficient (Wildman–Crippen LogP) is 4.91. The van der Waals surface area contributed by atoms with Crippen molar-refractivity contribution in [3.05, 3.63) is 70.3 Å². The quantitative estimate of drug-likeness (QED) is 0.617. The third-order valence-electron chi connectivity index (χ3n) is 3.56. The largest absolute Gasteiger partial charge is 0.497 e. The standard InChI is InChI=1S/C19H19BrN4O/c1-13-10-18(23-16-5-3-4-15(20)11-16)24-19(22-13)21-12-14-6-8-17(25-2)9-7-14/h3-11H,12H2,1-2H3,(H2,21,22,23,24). The summed E-state index contributed by atoms with van der Waals surface area (Å²) in [7, 11) is 1.66. The molecule has 0 saturated heterocycles. The molecular formula is C19H19BrN4O. The van der Waals surface area contributed by atoms with Gasteiger partial charge in [0.15, 0.2) is 0 Å². The molecule has 2 aromatic carbocycles. The van der Waals surface area contributed by atoms with E-state index >= 15 is 0 Å². The van der Waals surface area contributed by atoms with E-state index in [9.17, 15) is 0 Å². The van der Waals surface area contributed by atoms with Crippen LogP contribution in [0.25, 0.3) is 0 Å². The molecule has 0 saturated carbocycles. The molecule has 1 heterocycles. The molecule has 0 aliphatic heterocycles. The number of aromatic nitrogens is 2. The average Bonchev–Trinajstić information content (AvgIpc) is 2.60. The van der Waals surface area contributed by atoms with Crippen LogP contribution in [-0.4, -0.2) is 17.1 Å². The monoisotopic (exact) mass is 398 g/mol. The van der Waals surface area contributed by atoms with Crippen LogP contribution in [0.1, 0.15) is 11.3 Å². The topological polar surface area (TPSA) is 59.1 Å². The van der Waals surface area contributed by atoms with Gasteiger partial charge in [-0.05, 0) is 42.8 Å². The molecule has 3 rings (SSSR count). The summed E-state index contributed by atoms with van der Waals surface area (Å²) in [6, 6.07) is 17.8. The van der Waals surface area contributed by atoms with Crippen molar-refractivity contribution in [2.75, 3.05) is 17.7 Å². The van der Waals surface area contributed by atoms with Gasteiger partial charge in [-0.2, -0.15) is 4.98 Å². The molecule has 128 valence electrons. The van der Waals surface area contributed by atoms with E-state index in [0.717, 1.165) is 33.0 Å². The Morgan fingerprint density at radius 3 is 2.56 bits per heavy atom. The molecule has 0 bridgehead atoms. The van der Waals surface area contributed by atoms with E-state index in [2.05, 4.69) is 36.5 Å². The molecule has 5 nitrogen and oxygen atoms in total. The Hall–Kier alpha value is -2.60. The molecule has 2 N–H and O–H groups in total. The minimum Gasteiger partial charge on any atom is -0.497 e. The molecule has 0 aliphatic carbocycles. The minimum atomic E-state index is 0.591. The first kappa shape index (κ1) is 17.2. The van der Waals surface area contributed by atoms with Gasteiger partial charge in [-0.1, -0.05) is 34.1 Å². The second-order valence-corrected chi connectivity index (χ2v) is 6.47. The van der Waals surface area contributed by atoms with Gasteiger partial charge in [0.2, 0.25) is 5.95 Å². The summed E-state index contributed by atoms with van der Waals surface area (Å²) in [6.07, 6.45) is 0. The number of anilines is 3. The Morgan fingerprint density at radius 1 is 1.04 bits per heavy atom. The Balaban J connectivity index is 1.70. The smallest absolute Gasteiger partial charge is 0.225 e. The lowest BCUT2D eigenvalue weighted by Crippen LogP contribution is -2.06. The maximum atomic E-state index is 5.17. The number of rotatable bonds is 6. The highest BCUT2D eigenvalue weighted by Crippen LogP contribution is 2.20. The van der Waals surface area contributed by atoms with Gasteiger partial charge in [-0.3, -0.25) is 0 Å². The van der Waals surface area contributed by atoms with Crippen molar-refractivity contribution in [1.82, 2.24) is 9.97 Å². The van der Waals surface area contributed by atoms with Crippen molar-refractivity contribution in [2.45, 2.75) is 13.5 Å². The van der Waals surface area contributed by atoms with Crippen molar-refractivity contribution in [1.29, 1.82) is 0 Å². The highest BCUT2D eigenvalue weighted by atomic mass is 79.9. The maximum absolute atomic E-state index is 5.17. The fourth-order valence-electron chi connectivity index (χ4n) is 2.35. The van der Waals surface area contributed by atoms with E-state index in [0.29, 0.717) is 12.5 Å². The number of hydrogen-bond acceptors (Lipinski definition) is 5. The van der Waals surface area contributed by atoms with Crippen LogP contribution in [0.2, 0.25) is 0 Å². The molecule has 0 spiro atoms. The number of aryl methyl sites for hydroxylation is 1. The third-order valence-corrected chi connectivity index (χ3v) is 4.05. The van der Waals surface area contributed by atoms with Crippen LogP contribution in [0.15, 0.2) is 59.1 Å². The summed E-state index contributed by atoms with van der Waals surface area (Å²) in [4.78, 5) is 8.98. The Bertz CT molecular complexity index is 852. The highest BCUT2D eigenvalue weighted by Gasteiger charge is 2.04. The minimum absolute atomic E-state index is 0.591. The fraction of sp³-hybridized carbons (Fsp3) is 0.158. The SMILES string of the molecule is COc1ccc(CNc2nc(C)cc(Nc3cccc(Br)c3)n2)cc1. The van der Waals surface area contributed by atoms with Crippen LogP contribution in [0, 0.1) is 6.92 Å². The van der Waals surface area contributed by atoms with E-state index in [1.165, 1.54) is 0 Å². The van der Waals surface area contributed by atoms with Crippen molar-refractivity contribution >= 4 is 33.4 Å². The molecule has 0 atom stereocenters. The number of ether oxygens (including phenoxy) is 1. The molecule has 0 aliphatic rings. The highest BCUT2D eigenvalue weighted by molar-refractivity contribution is 9.10. The van der Waals surface area contributed by atoms with Crippen molar-refractivity contribution < 1.29 is 4.74 Å². The normalized spacial score (nSPS) is 10.4. The summed E-state index contributed by atoms with van der Waals surface area (Å²) in [5.41, 5.74) is 2.99. The first-order valence-electron chi connectivity index (χ1n) is 7.87. The Labute approximate surface area is 155 Å². The Kier molecular flexibility index (Phi) is 5.50.